The molecule has 0 radical (unpaired) electrons. The molecular weight excluding hydrogens is 822 g/mol. The first-order valence-electron chi connectivity index (χ1n) is 25.9. The highest BCUT2D eigenvalue weighted by molar-refractivity contribution is 7.47. The van der Waals surface area contributed by atoms with Crippen molar-refractivity contribution in [3.63, 3.8) is 0 Å². The van der Waals surface area contributed by atoms with E-state index >= 15 is 0 Å². The van der Waals surface area contributed by atoms with E-state index in [-0.39, 0.29) is 32.1 Å². The van der Waals surface area contributed by atoms with E-state index < -0.39 is 26.5 Å². The van der Waals surface area contributed by atoms with Crippen LogP contribution in [0.3, 0.4) is 0 Å². The summed E-state index contributed by atoms with van der Waals surface area (Å²) in [7, 11) is -4.45. The zero-order valence-electron chi connectivity index (χ0n) is 41.0. The number of rotatable bonds is 48. The monoisotopic (exact) mass is 918 g/mol. The average molecular weight is 918 g/mol. The van der Waals surface area contributed by atoms with Gasteiger partial charge in [-0.05, 0) is 51.4 Å². The molecule has 2 unspecified atom stereocenters. The molecule has 0 spiro atoms. The summed E-state index contributed by atoms with van der Waals surface area (Å²) in [5, 5.41) is 12.7. The maximum Gasteiger partial charge on any atom is 0.472 e. The molecule has 0 fully saturated rings. The summed E-state index contributed by atoms with van der Waals surface area (Å²) in [6, 6.07) is 0. The molecule has 0 aliphatic heterocycles. The van der Waals surface area contributed by atoms with Crippen LogP contribution < -0.4 is 5.32 Å². The number of amides is 1. The van der Waals surface area contributed by atoms with Crippen molar-refractivity contribution in [3.05, 3.63) is 72.9 Å². The number of hydrogen-bond donors (Lipinski definition) is 3. The number of carbonyl (C=O) groups excluding carboxylic acids is 2. The Labute approximate surface area is 392 Å². The van der Waals surface area contributed by atoms with Gasteiger partial charge >= 0.3 is 13.8 Å². The molecule has 1 amide bonds. The van der Waals surface area contributed by atoms with E-state index in [1.807, 2.05) is 12.2 Å². The highest BCUT2D eigenvalue weighted by Crippen LogP contribution is 2.42. The van der Waals surface area contributed by atoms with Gasteiger partial charge in [0.15, 0.2) is 0 Å². The highest BCUT2D eigenvalue weighted by atomic mass is 31.2. The number of nitrogens with one attached hydrogen (secondary N) is 1. The molecule has 0 saturated heterocycles. The van der Waals surface area contributed by atoms with Gasteiger partial charge in [-0.15, -0.1) is 0 Å². The fourth-order valence-corrected chi connectivity index (χ4v) is 7.81. The Bertz CT molecular complexity index is 1280. The summed E-state index contributed by atoms with van der Waals surface area (Å²) >= 11 is 0. The van der Waals surface area contributed by atoms with Gasteiger partial charge < -0.3 is 20.1 Å². The largest absolute Gasteiger partial charge is 0.472 e. The first-order chi connectivity index (χ1) is 31.3. The minimum absolute atomic E-state index is 0.0380. The lowest BCUT2D eigenvalue weighted by Crippen LogP contribution is -2.27. The molecule has 0 bridgehead atoms. The Kier molecular flexibility index (Phi) is 47.9. The molecule has 0 aromatic rings. The molecule has 10 heteroatoms. The van der Waals surface area contributed by atoms with Crippen molar-refractivity contribution in [2.75, 3.05) is 26.4 Å². The molecule has 0 aliphatic carbocycles. The van der Waals surface area contributed by atoms with Crippen LogP contribution in [-0.2, 0) is 27.9 Å². The molecule has 3 N–H and O–H groups in total. The van der Waals surface area contributed by atoms with Gasteiger partial charge in [0.05, 0.1) is 13.2 Å². The summed E-state index contributed by atoms with van der Waals surface area (Å²) < 4.78 is 27.0. The lowest BCUT2D eigenvalue weighted by atomic mass is 10.0. The number of unbranched alkanes of at least 4 members (excludes halogenated alkanes) is 23. The summed E-state index contributed by atoms with van der Waals surface area (Å²) in [5.74, 6) is -0.599. The van der Waals surface area contributed by atoms with Gasteiger partial charge in [-0.25, -0.2) is 4.57 Å². The molecule has 0 aromatic carbocycles. The van der Waals surface area contributed by atoms with Crippen LogP contribution in [0.5, 0.6) is 0 Å². The SMILES string of the molecule is CC/C=C\C/C=C\C/C=C\C/C=C\C/C=C\C/C=C\CCC(=O)NCCOP(=O)(O)OCC(O)COC(=O)CCCCCCCCCCCCCCCCCCCCCCCCCC. The summed E-state index contributed by atoms with van der Waals surface area (Å²) in [6.07, 6.45) is 63.0. The van der Waals surface area contributed by atoms with Crippen molar-refractivity contribution in [1.82, 2.24) is 5.32 Å². The number of aliphatic hydroxyl groups excluding tert-OH is 1. The van der Waals surface area contributed by atoms with E-state index in [0.717, 1.165) is 57.8 Å². The first kappa shape index (κ1) is 61.5. The molecule has 64 heavy (non-hydrogen) atoms. The average Bonchev–Trinajstić information content (AvgIpc) is 3.28. The Balaban J connectivity index is 3.61. The van der Waals surface area contributed by atoms with E-state index in [9.17, 15) is 24.2 Å². The van der Waals surface area contributed by atoms with Crippen LogP contribution in [0.1, 0.15) is 226 Å². The molecule has 0 heterocycles. The normalized spacial score (nSPS) is 13.8. The van der Waals surface area contributed by atoms with Gasteiger partial charge in [0.2, 0.25) is 5.91 Å². The zero-order valence-corrected chi connectivity index (χ0v) is 41.9. The summed E-state index contributed by atoms with van der Waals surface area (Å²) in [4.78, 5) is 34.0. The van der Waals surface area contributed by atoms with Gasteiger partial charge in [0.25, 0.3) is 0 Å². The number of phosphoric ester groups is 1. The number of esters is 1. The van der Waals surface area contributed by atoms with Crippen LogP contribution in [0.2, 0.25) is 0 Å². The molecule has 0 aliphatic rings. The second kappa shape index (κ2) is 49.9. The first-order valence-corrected chi connectivity index (χ1v) is 27.4. The highest BCUT2D eigenvalue weighted by Gasteiger charge is 2.23. The van der Waals surface area contributed by atoms with E-state index in [1.54, 1.807) is 0 Å². The number of allylic oxidation sites excluding steroid dienone is 12. The van der Waals surface area contributed by atoms with Gasteiger partial charge in [0.1, 0.15) is 12.7 Å². The molecule has 370 valence electrons. The van der Waals surface area contributed by atoms with Gasteiger partial charge in [0, 0.05) is 19.4 Å². The van der Waals surface area contributed by atoms with E-state index in [2.05, 4.69) is 79.9 Å². The van der Waals surface area contributed by atoms with E-state index in [4.69, 9.17) is 13.8 Å². The van der Waals surface area contributed by atoms with Gasteiger partial charge in [-0.3, -0.25) is 18.6 Å². The van der Waals surface area contributed by atoms with Crippen molar-refractivity contribution < 1.29 is 37.9 Å². The number of aliphatic hydroxyl groups is 1. The van der Waals surface area contributed by atoms with Crippen LogP contribution in [0.15, 0.2) is 72.9 Å². The van der Waals surface area contributed by atoms with Crippen LogP contribution in [0, 0.1) is 0 Å². The maximum absolute atomic E-state index is 12.1. The van der Waals surface area contributed by atoms with E-state index in [0.29, 0.717) is 12.8 Å². The Morgan fingerprint density at radius 1 is 0.500 bits per heavy atom. The van der Waals surface area contributed by atoms with Crippen molar-refractivity contribution in [1.29, 1.82) is 0 Å². The van der Waals surface area contributed by atoms with E-state index in [1.165, 1.54) is 135 Å². The fraction of sp³-hybridized carbons (Fsp3) is 0.741. The third-order valence-corrected chi connectivity index (χ3v) is 11.9. The Hall–Kier alpha value is -2.55. The van der Waals surface area contributed by atoms with Crippen molar-refractivity contribution >= 4 is 19.7 Å². The molecule has 9 nitrogen and oxygen atoms in total. The number of hydrogen-bond acceptors (Lipinski definition) is 7. The number of phosphoric acid groups is 1. The van der Waals surface area contributed by atoms with Crippen LogP contribution in [0.4, 0.5) is 0 Å². The predicted octanol–water partition coefficient (Wildman–Crippen LogP) is 15.4. The topological polar surface area (TPSA) is 131 Å². The van der Waals surface area contributed by atoms with Crippen molar-refractivity contribution in [2.45, 2.75) is 232 Å². The lowest BCUT2D eigenvalue weighted by Gasteiger charge is -2.15. The molecule has 0 rings (SSSR count). The summed E-state index contributed by atoms with van der Waals surface area (Å²) in [5.41, 5.74) is 0. The van der Waals surface area contributed by atoms with Gasteiger partial charge in [-0.1, -0.05) is 234 Å². The third-order valence-electron chi connectivity index (χ3n) is 10.9. The molecule has 2 atom stereocenters. The second-order valence-corrected chi connectivity index (χ2v) is 18.6. The molecular formula is C54H96NO8P. The Morgan fingerprint density at radius 2 is 0.875 bits per heavy atom. The minimum atomic E-state index is -4.45. The Morgan fingerprint density at radius 3 is 1.28 bits per heavy atom. The van der Waals surface area contributed by atoms with Crippen LogP contribution >= 0.6 is 7.82 Å². The van der Waals surface area contributed by atoms with Crippen molar-refractivity contribution in [3.8, 4) is 0 Å². The van der Waals surface area contributed by atoms with Crippen LogP contribution in [0.25, 0.3) is 0 Å². The predicted molar refractivity (Wildman–Crippen MR) is 270 cm³/mol. The van der Waals surface area contributed by atoms with Crippen LogP contribution in [-0.4, -0.2) is 54.3 Å². The zero-order chi connectivity index (χ0) is 46.7. The quantitative estimate of drug-likeness (QED) is 0.0238. The second-order valence-electron chi connectivity index (χ2n) is 17.1. The molecule has 0 saturated carbocycles. The smallest absolute Gasteiger partial charge is 0.463 e. The van der Waals surface area contributed by atoms with Crippen molar-refractivity contribution in [2.24, 2.45) is 0 Å². The lowest BCUT2D eigenvalue weighted by molar-refractivity contribution is -0.147. The standard InChI is InChI=1S/C54H96NO8P/c1-3-5-7-9-11-13-15-17-19-21-23-24-25-26-27-29-31-33-35-37-39-41-43-45-47-54(58)61-50-52(56)51-63-64(59,60)62-49-48-55-53(57)46-44-42-40-38-36-34-32-30-28-22-20-18-16-14-12-10-8-6-4-2/h6,8,12,14,18,20,28,30,34,36,40,42,52,56H,3-5,7,9-11,13,15-17,19,21-27,29,31-33,35,37-39,41,43-51H2,1-2H3,(H,55,57)(H,59,60)/b8-6-,14-12-,20-18-,30-28-,36-34-,42-40-. The third kappa shape index (κ3) is 50.4. The number of ether oxygens (including phenoxy) is 1. The minimum Gasteiger partial charge on any atom is -0.463 e. The fourth-order valence-electron chi connectivity index (χ4n) is 7.05. The molecule has 0 aromatic heterocycles. The summed E-state index contributed by atoms with van der Waals surface area (Å²) in [6.45, 7) is 3.37. The maximum atomic E-state index is 12.1. The van der Waals surface area contributed by atoms with Gasteiger partial charge in [-0.2, -0.15) is 0 Å². The number of carbonyl (C=O) groups is 2.